The van der Waals surface area contributed by atoms with Crippen LogP contribution in [0.15, 0.2) is 77.1 Å². The Bertz CT molecular complexity index is 1210. The first kappa shape index (κ1) is 25.1. The molecule has 0 aliphatic carbocycles. The molecular formula is C24H26N4O5S2. The SMILES string of the molecule is C=CCN1C(=O)C(CC(=O)Nc2ccccc2)SC1=Nc1ccc(S(=O)(=O)N2CCOCC2)cc1. The molecule has 35 heavy (non-hydrogen) atoms. The molecule has 2 aromatic carbocycles. The fourth-order valence-corrected chi connectivity index (χ4v) is 6.24. The number of morpholine rings is 1. The minimum Gasteiger partial charge on any atom is -0.379 e. The van der Waals surface area contributed by atoms with E-state index in [1.807, 2.05) is 18.2 Å². The van der Waals surface area contributed by atoms with E-state index in [2.05, 4.69) is 16.9 Å². The van der Waals surface area contributed by atoms with Crippen LogP contribution >= 0.6 is 11.8 Å². The molecule has 2 amide bonds. The highest BCUT2D eigenvalue weighted by molar-refractivity contribution is 8.15. The first-order chi connectivity index (χ1) is 16.9. The van der Waals surface area contributed by atoms with Crippen molar-refractivity contribution >= 4 is 50.1 Å². The van der Waals surface area contributed by atoms with Crippen molar-refractivity contribution in [3.63, 3.8) is 0 Å². The van der Waals surface area contributed by atoms with E-state index in [1.165, 1.54) is 33.1 Å². The van der Waals surface area contributed by atoms with E-state index >= 15 is 0 Å². The molecule has 0 saturated carbocycles. The molecule has 1 atom stereocenters. The van der Waals surface area contributed by atoms with Crippen molar-refractivity contribution in [2.24, 2.45) is 4.99 Å². The number of benzene rings is 2. The number of nitrogens with zero attached hydrogens (tertiary/aromatic N) is 3. The van der Waals surface area contributed by atoms with E-state index in [4.69, 9.17) is 4.74 Å². The van der Waals surface area contributed by atoms with Crippen molar-refractivity contribution in [3.05, 3.63) is 67.3 Å². The van der Waals surface area contributed by atoms with Crippen LogP contribution < -0.4 is 5.32 Å². The summed E-state index contributed by atoms with van der Waals surface area (Å²) in [6.07, 6.45) is 1.60. The molecule has 184 valence electrons. The molecule has 2 aliphatic heterocycles. The second kappa shape index (κ2) is 11.2. The van der Waals surface area contributed by atoms with Crippen molar-refractivity contribution in [2.75, 3.05) is 38.2 Å². The lowest BCUT2D eigenvalue weighted by molar-refractivity contribution is -0.127. The summed E-state index contributed by atoms with van der Waals surface area (Å²) in [5.74, 6) is -0.483. The van der Waals surface area contributed by atoms with Gasteiger partial charge in [-0.3, -0.25) is 14.5 Å². The van der Waals surface area contributed by atoms with Gasteiger partial charge in [0.1, 0.15) is 5.25 Å². The lowest BCUT2D eigenvalue weighted by Crippen LogP contribution is -2.40. The molecule has 1 unspecified atom stereocenters. The van der Waals surface area contributed by atoms with E-state index in [0.717, 1.165) is 0 Å². The molecule has 2 aliphatic rings. The molecule has 0 radical (unpaired) electrons. The van der Waals surface area contributed by atoms with Crippen molar-refractivity contribution < 1.29 is 22.7 Å². The maximum absolute atomic E-state index is 12.9. The quantitative estimate of drug-likeness (QED) is 0.543. The number of sulfonamides is 1. The number of hydrogen-bond acceptors (Lipinski definition) is 7. The first-order valence-corrected chi connectivity index (χ1v) is 13.4. The number of rotatable bonds is 8. The van der Waals surface area contributed by atoms with Gasteiger partial charge in [0, 0.05) is 31.7 Å². The predicted octanol–water partition coefficient (Wildman–Crippen LogP) is 2.85. The number of carbonyl (C=O) groups is 2. The van der Waals surface area contributed by atoms with Crippen LogP contribution in [0, 0.1) is 0 Å². The van der Waals surface area contributed by atoms with Crippen LogP contribution in [-0.2, 0) is 24.3 Å². The van der Waals surface area contributed by atoms with Gasteiger partial charge < -0.3 is 10.1 Å². The Balaban J connectivity index is 1.47. The minimum absolute atomic E-state index is 0.00177. The maximum Gasteiger partial charge on any atom is 0.243 e. The molecule has 9 nitrogen and oxygen atoms in total. The Hall–Kier alpha value is -2.99. The highest BCUT2D eigenvalue weighted by Gasteiger charge is 2.38. The highest BCUT2D eigenvalue weighted by Crippen LogP contribution is 2.32. The predicted molar refractivity (Wildman–Crippen MR) is 136 cm³/mol. The summed E-state index contributed by atoms with van der Waals surface area (Å²) in [7, 11) is -3.60. The van der Waals surface area contributed by atoms with Crippen LogP contribution in [0.4, 0.5) is 11.4 Å². The molecule has 0 bridgehead atoms. The number of nitrogens with one attached hydrogen (secondary N) is 1. The van der Waals surface area contributed by atoms with Gasteiger partial charge in [0.25, 0.3) is 0 Å². The zero-order chi connectivity index (χ0) is 24.8. The Morgan fingerprint density at radius 3 is 2.49 bits per heavy atom. The van der Waals surface area contributed by atoms with Gasteiger partial charge in [0.2, 0.25) is 21.8 Å². The Kier molecular flexibility index (Phi) is 8.01. The van der Waals surface area contributed by atoms with Gasteiger partial charge >= 0.3 is 0 Å². The molecule has 2 saturated heterocycles. The summed E-state index contributed by atoms with van der Waals surface area (Å²) in [5.41, 5.74) is 1.17. The maximum atomic E-state index is 12.9. The molecular weight excluding hydrogens is 488 g/mol. The number of aliphatic imine (C=N–C) groups is 1. The Morgan fingerprint density at radius 2 is 1.83 bits per heavy atom. The second-order valence-electron chi connectivity index (χ2n) is 7.87. The number of para-hydroxylation sites is 1. The summed E-state index contributed by atoms with van der Waals surface area (Å²) in [6.45, 7) is 5.35. The number of anilines is 1. The standard InChI is InChI=1S/C24H26N4O5S2/c1-2-12-28-23(30)21(17-22(29)25-18-6-4-3-5-7-18)34-24(28)26-19-8-10-20(11-9-19)35(31,32)27-13-15-33-16-14-27/h2-11,21H,1,12-17H2,(H,25,29). The largest absolute Gasteiger partial charge is 0.379 e. The number of ether oxygens (including phenoxy) is 1. The van der Waals surface area contributed by atoms with Gasteiger partial charge in [0.05, 0.1) is 23.8 Å². The van der Waals surface area contributed by atoms with Crippen molar-refractivity contribution in [3.8, 4) is 0 Å². The van der Waals surface area contributed by atoms with Crippen molar-refractivity contribution in [1.29, 1.82) is 0 Å². The average Bonchev–Trinajstić information content (AvgIpc) is 3.14. The molecule has 0 aromatic heterocycles. The molecule has 2 heterocycles. The van der Waals surface area contributed by atoms with Crippen molar-refractivity contribution in [2.45, 2.75) is 16.6 Å². The van der Waals surface area contributed by atoms with Gasteiger partial charge in [-0.1, -0.05) is 36.0 Å². The van der Waals surface area contributed by atoms with E-state index < -0.39 is 15.3 Å². The minimum atomic E-state index is -3.60. The van der Waals surface area contributed by atoms with Crippen LogP contribution in [0.25, 0.3) is 0 Å². The van der Waals surface area contributed by atoms with E-state index in [9.17, 15) is 18.0 Å². The first-order valence-electron chi connectivity index (χ1n) is 11.1. The van der Waals surface area contributed by atoms with Gasteiger partial charge in [-0.25, -0.2) is 13.4 Å². The molecule has 0 spiro atoms. The summed E-state index contributed by atoms with van der Waals surface area (Å²) in [5, 5.41) is 2.62. The fourth-order valence-electron chi connectivity index (χ4n) is 3.66. The number of hydrogen-bond donors (Lipinski definition) is 1. The van der Waals surface area contributed by atoms with Gasteiger partial charge in [-0.15, -0.1) is 6.58 Å². The van der Waals surface area contributed by atoms with Gasteiger partial charge in [-0.05, 0) is 36.4 Å². The molecule has 2 aromatic rings. The Labute approximate surface area is 208 Å². The number of amides is 2. The van der Waals surface area contributed by atoms with Crippen molar-refractivity contribution in [1.82, 2.24) is 9.21 Å². The third-order valence-corrected chi connectivity index (χ3v) is 8.52. The van der Waals surface area contributed by atoms with Gasteiger partial charge in [-0.2, -0.15) is 4.31 Å². The van der Waals surface area contributed by atoms with E-state index in [-0.39, 0.29) is 29.7 Å². The van der Waals surface area contributed by atoms with Crippen LogP contribution in [0.5, 0.6) is 0 Å². The third-order valence-electron chi connectivity index (χ3n) is 5.43. The third kappa shape index (κ3) is 5.99. The Morgan fingerprint density at radius 1 is 1.14 bits per heavy atom. The lowest BCUT2D eigenvalue weighted by Gasteiger charge is -2.26. The zero-order valence-corrected chi connectivity index (χ0v) is 20.6. The monoisotopic (exact) mass is 514 g/mol. The van der Waals surface area contributed by atoms with E-state index in [0.29, 0.717) is 42.8 Å². The number of thioether (sulfide) groups is 1. The van der Waals surface area contributed by atoms with Crippen LogP contribution in [0.3, 0.4) is 0 Å². The van der Waals surface area contributed by atoms with E-state index in [1.54, 1.807) is 30.3 Å². The van der Waals surface area contributed by atoms with Gasteiger partial charge in [0.15, 0.2) is 5.17 Å². The molecule has 4 rings (SSSR count). The van der Waals surface area contributed by atoms with Crippen LogP contribution in [0.2, 0.25) is 0 Å². The molecule has 1 N–H and O–H groups in total. The smallest absolute Gasteiger partial charge is 0.243 e. The van der Waals surface area contributed by atoms with Crippen LogP contribution in [-0.4, -0.2) is 72.7 Å². The second-order valence-corrected chi connectivity index (χ2v) is 11.0. The number of amidine groups is 1. The summed E-state index contributed by atoms with van der Waals surface area (Å²) < 4.78 is 32.3. The summed E-state index contributed by atoms with van der Waals surface area (Å²) >= 11 is 1.21. The summed E-state index contributed by atoms with van der Waals surface area (Å²) in [6, 6.07) is 15.3. The fraction of sp³-hybridized carbons (Fsp3) is 0.292. The number of carbonyl (C=O) groups excluding carboxylic acids is 2. The molecule has 2 fully saturated rings. The van der Waals surface area contributed by atoms with Crippen LogP contribution in [0.1, 0.15) is 6.42 Å². The topological polar surface area (TPSA) is 108 Å². The summed E-state index contributed by atoms with van der Waals surface area (Å²) in [4.78, 5) is 31.7. The normalized spacial score (nSPS) is 20.2. The lowest BCUT2D eigenvalue weighted by atomic mass is 10.2. The average molecular weight is 515 g/mol. The highest BCUT2D eigenvalue weighted by atomic mass is 32.2. The molecule has 11 heteroatoms. The zero-order valence-electron chi connectivity index (χ0n) is 19.0.